The number of nitrogens with zero attached hydrogens (tertiary/aromatic N) is 2. The summed E-state index contributed by atoms with van der Waals surface area (Å²) in [6, 6.07) is 7.26. The Morgan fingerprint density at radius 3 is 2.87 bits per heavy atom. The first kappa shape index (κ1) is 11.3. The fourth-order valence-electron chi connectivity index (χ4n) is 1.33. The molecule has 1 aromatic rings. The van der Waals surface area contributed by atoms with Crippen molar-refractivity contribution in [1.82, 2.24) is 4.90 Å². The van der Waals surface area contributed by atoms with Crippen LogP contribution in [0.4, 0.5) is 5.69 Å². The van der Waals surface area contributed by atoms with Gasteiger partial charge in [-0.15, -0.1) is 0 Å². The van der Waals surface area contributed by atoms with E-state index in [4.69, 9.17) is 11.0 Å². The lowest BCUT2D eigenvalue weighted by Crippen LogP contribution is -2.18. The van der Waals surface area contributed by atoms with Crippen LogP contribution in [0.1, 0.15) is 12.0 Å². The van der Waals surface area contributed by atoms with Crippen molar-refractivity contribution in [3.05, 3.63) is 23.8 Å². The summed E-state index contributed by atoms with van der Waals surface area (Å²) in [5.74, 6) is 0.110. The van der Waals surface area contributed by atoms with Crippen molar-refractivity contribution < 1.29 is 5.11 Å². The summed E-state index contributed by atoms with van der Waals surface area (Å²) in [6.45, 7) is 1.46. The Kier molecular flexibility index (Phi) is 3.95. The van der Waals surface area contributed by atoms with Crippen LogP contribution in [0.15, 0.2) is 18.2 Å². The van der Waals surface area contributed by atoms with Crippen molar-refractivity contribution in [2.75, 3.05) is 19.3 Å². The third-order valence-corrected chi connectivity index (χ3v) is 2.15. The minimum atomic E-state index is 0.110. The predicted octanol–water partition coefficient (Wildman–Crippen LogP) is 1.32. The topological polar surface area (TPSA) is 73.3 Å². The van der Waals surface area contributed by atoms with Crippen molar-refractivity contribution in [1.29, 1.82) is 5.26 Å². The second-order valence-corrected chi connectivity index (χ2v) is 3.54. The van der Waals surface area contributed by atoms with Gasteiger partial charge in [0.2, 0.25) is 0 Å². The van der Waals surface area contributed by atoms with E-state index in [0.29, 0.717) is 12.1 Å². The van der Waals surface area contributed by atoms with E-state index in [-0.39, 0.29) is 5.75 Å². The number of rotatable bonds is 4. The molecule has 1 aromatic carbocycles. The summed E-state index contributed by atoms with van der Waals surface area (Å²) in [5, 5.41) is 17.7. The third-order valence-electron chi connectivity index (χ3n) is 2.15. The minimum Gasteiger partial charge on any atom is -0.506 e. The number of benzene rings is 1. The molecular weight excluding hydrogens is 190 g/mol. The number of nitrogens with two attached hydrogens (primary N) is 1. The largest absolute Gasteiger partial charge is 0.506 e. The van der Waals surface area contributed by atoms with E-state index in [1.165, 1.54) is 0 Å². The van der Waals surface area contributed by atoms with Gasteiger partial charge in [0.05, 0.1) is 11.8 Å². The van der Waals surface area contributed by atoms with Crippen molar-refractivity contribution in [2.45, 2.75) is 13.0 Å². The van der Waals surface area contributed by atoms with Gasteiger partial charge in [-0.2, -0.15) is 5.26 Å². The van der Waals surface area contributed by atoms with Crippen LogP contribution in [-0.4, -0.2) is 23.6 Å². The summed E-state index contributed by atoms with van der Waals surface area (Å²) in [4.78, 5) is 2.04. The molecule has 0 saturated carbocycles. The molecule has 0 aliphatic heterocycles. The SMILES string of the molecule is CN(CCC#N)Cc1ccc(O)c(N)c1. The molecule has 4 nitrogen and oxygen atoms in total. The lowest BCUT2D eigenvalue weighted by atomic mass is 10.2. The molecule has 0 aliphatic rings. The first-order valence-electron chi connectivity index (χ1n) is 4.76. The average Bonchev–Trinajstić information content (AvgIpc) is 2.20. The fourth-order valence-corrected chi connectivity index (χ4v) is 1.33. The highest BCUT2D eigenvalue weighted by molar-refractivity contribution is 5.53. The molecule has 0 fully saturated rings. The van der Waals surface area contributed by atoms with Crippen LogP contribution in [0, 0.1) is 11.3 Å². The molecule has 0 radical (unpaired) electrons. The second kappa shape index (κ2) is 5.23. The zero-order chi connectivity index (χ0) is 11.3. The van der Waals surface area contributed by atoms with Gasteiger partial charge < -0.3 is 15.7 Å². The van der Waals surface area contributed by atoms with Crippen molar-refractivity contribution in [3.63, 3.8) is 0 Å². The first-order chi connectivity index (χ1) is 7.13. The van der Waals surface area contributed by atoms with E-state index in [0.717, 1.165) is 18.7 Å². The smallest absolute Gasteiger partial charge is 0.138 e. The van der Waals surface area contributed by atoms with Crippen molar-refractivity contribution in [3.8, 4) is 11.8 Å². The molecule has 0 aromatic heterocycles. The van der Waals surface area contributed by atoms with Gasteiger partial charge in [-0.25, -0.2) is 0 Å². The minimum absolute atomic E-state index is 0.110. The fraction of sp³-hybridized carbons (Fsp3) is 0.364. The highest BCUT2D eigenvalue weighted by Gasteiger charge is 2.02. The lowest BCUT2D eigenvalue weighted by Gasteiger charge is -2.15. The molecule has 80 valence electrons. The summed E-state index contributed by atoms with van der Waals surface area (Å²) in [6.07, 6.45) is 0.518. The Labute approximate surface area is 89.5 Å². The Balaban J connectivity index is 2.57. The molecule has 0 aliphatic carbocycles. The number of hydrogen-bond acceptors (Lipinski definition) is 4. The van der Waals surface area contributed by atoms with E-state index in [1.54, 1.807) is 12.1 Å². The average molecular weight is 205 g/mol. The number of aromatic hydroxyl groups is 1. The van der Waals surface area contributed by atoms with Gasteiger partial charge in [-0.3, -0.25) is 0 Å². The van der Waals surface area contributed by atoms with Crippen LogP contribution < -0.4 is 5.73 Å². The van der Waals surface area contributed by atoms with Gasteiger partial charge in [0.25, 0.3) is 0 Å². The number of anilines is 1. The van der Waals surface area contributed by atoms with Gasteiger partial charge in [-0.05, 0) is 24.7 Å². The molecule has 3 N–H and O–H groups in total. The molecule has 1 rings (SSSR count). The van der Waals surface area contributed by atoms with Crippen LogP contribution in [0.2, 0.25) is 0 Å². The molecule has 0 saturated heterocycles. The van der Waals surface area contributed by atoms with Gasteiger partial charge >= 0.3 is 0 Å². The third kappa shape index (κ3) is 3.49. The standard InChI is InChI=1S/C11H15N3O/c1-14(6-2-5-12)8-9-3-4-11(15)10(13)7-9/h3-4,7,15H,2,6,8,13H2,1H3. The molecule has 0 atom stereocenters. The van der Waals surface area contributed by atoms with Gasteiger partial charge in [0.1, 0.15) is 5.75 Å². The lowest BCUT2D eigenvalue weighted by molar-refractivity contribution is 0.335. The number of nitriles is 1. The van der Waals surface area contributed by atoms with E-state index < -0.39 is 0 Å². The van der Waals surface area contributed by atoms with Crippen molar-refractivity contribution in [2.24, 2.45) is 0 Å². The van der Waals surface area contributed by atoms with Crippen LogP contribution in [0.5, 0.6) is 5.75 Å². The summed E-state index contributed by atoms with van der Waals surface area (Å²) in [5.41, 5.74) is 7.00. The quantitative estimate of drug-likeness (QED) is 0.574. The summed E-state index contributed by atoms with van der Waals surface area (Å²) in [7, 11) is 1.94. The maximum Gasteiger partial charge on any atom is 0.138 e. The van der Waals surface area contributed by atoms with E-state index >= 15 is 0 Å². The molecule has 0 amide bonds. The monoisotopic (exact) mass is 205 g/mol. The van der Waals surface area contributed by atoms with Crippen LogP contribution >= 0.6 is 0 Å². The van der Waals surface area contributed by atoms with Crippen LogP contribution in [0.25, 0.3) is 0 Å². The maximum atomic E-state index is 9.24. The van der Waals surface area contributed by atoms with Crippen LogP contribution in [0.3, 0.4) is 0 Å². The predicted molar refractivity (Wildman–Crippen MR) is 59.1 cm³/mol. The summed E-state index contributed by atoms with van der Waals surface area (Å²) >= 11 is 0. The van der Waals surface area contributed by atoms with Gasteiger partial charge in [0, 0.05) is 19.5 Å². The molecular formula is C11H15N3O. The van der Waals surface area contributed by atoms with Crippen LogP contribution in [-0.2, 0) is 6.54 Å². The number of phenols is 1. The Hall–Kier alpha value is -1.73. The molecule has 0 spiro atoms. The second-order valence-electron chi connectivity index (χ2n) is 3.54. The Morgan fingerprint density at radius 1 is 1.53 bits per heavy atom. The van der Waals surface area contributed by atoms with E-state index in [2.05, 4.69) is 6.07 Å². The van der Waals surface area contributed by atoms with E-state index in [9.17, 15) is 5.11 Å². The highest BCUT2D eigenvalue weighted by atomic mass is 16.3. The van der Waals surface area contributed by atoms with Gasteiger partial charge in [-0.1, -0.05) is 6.07 Å². The van der Waals surface area contributed by atoms with E-state index in [1.807, 2.05) is 18.0 Å². The zero-order valence-corrected chi connectivity index (χ0v) is 8.77. The Morgan fingerprint density at radius 2 is 2.27 bits per heavy atom. The zero-order valence-electron chi connectivity index (χ0n) is 8.77. The molecule has 15 heavy (non-hydrogen) atoms. The highest BCUT2D eigenvalue weighted by Crippen LogP contribution is 2.20. The normalized spacial score (nSPS) is 10.2. The molecule has 0 heterocycles. The molecule has 0 unspecified atom stereocenters. The molecule has 0 bridgehead atoms. The van der Waals surface area contributed by atoms with Gasteiger partial charge in [0.15, 0.2) is 0 Å². The molecule has 4 heteroatoms. The summed E-state index contributed by atoms with van der Waals surface area (Å²) < 4.78 is 0. The number of phenolic OH excluding ortho intramolecular Hbond substituents is 1. The number of nitrogen functional groups attached to an aromatic ring is 1. The van der Waals surface area contributed by atoms with Crippen molar-refractivity contribution >= 4 is 5.69 Å². The number of hydrogen-bond donors (Lipinski definition) is 2. The maximum absolute atomic E-state index is 9.24. The first-order valence-corrected chi connectivity index (χ1v) is 4.76. The Bertz CT molecular complexity index is 371.